The van der Waals surface area contributed by atoms with Crippen LogP contribution >= 0.6 is 0 Å². The van der Waals surface area contributed by atoms with Crippen LogP contribution in [0.2, 0.25) is 0 Å². The number of hydrogen-bond acceptors (Lipinski definition) is 6. The normalized spacial score (nSPS) is 21.7. The average Bonchev–Trinajstić information content (AvgIpc) is 3.44. The lowest BCUT2D eigenvalue weighted by molar-refractivity contribution is -0.118. The van der Waals surface area contributed by atoms with E-state index in [-0.39, 0.29) is 26.6 Å². The van der Waals surface area contributed by atoms with Gasteiger partial charge in [0.15, 0.2) is 5.03 Å². The minimum absolute atomic E-state index is 0.0577. The highest BCUT2D eigenvalue weighted by Crippen LogP contribution is 2.49. The van der Waals surface area contributed by atoms with Gasteiger partial charge >= 0.3 is 0 Å². The number of nitriles is 1. The van der Waals surface area contributed by atoms with Crippen molar-refractivity contribution in [1.82, 2.24) is 9.89 Å². The summed E-state index contributed by atoms with van der Waals surface area (Å²) in [5.41, 5.74) is 2.25. The Bertz CT molecular complexity index is 1450. The molecule has 1 heterocycles. The molecule has 2 aliphatic carbocycles. The summed E-state index contributed by atoms with van der Waals surface area (Å²) in [6.07, 6.45) is 4.85. The van der Waals surface area contributed by atoms with Crippen LogP contribution in [-0.2, 0) is 14.6 Å². The lowest BCUT2D eigenvalue weighted by Crippen LogP contribution is -2.37. The molecule has 0 aliphatic heterocycles. The third-order valence-electron chi connectivity index (χ3n) is 6.88. The van der Waals surface area contributed by atoms with Gasteiger partial charge < -0.3 is 0 Å². The first kappa shape index (κ1) is 21.3. The molecule has 168 valence electrons. The first-order valence-corrected chi connectivity index (χ1v) is 12.4. The summed E-state index contributed by atoms with van der Waals surface area (Å²) < 4.78 is 26.8. The predicted octanol–water partition coefficient (Wildman–Crippen LogP) is 3.00. The maximum absolute atomic E-state index is 13.4. The van der Waals surface area contributed by atoms with Gasteiger partial charge in [-0.1, -0.05) is 24.6 Å². The number of carbonyl (C=O) groups is 1. The highest BCUT2D eigenvalue weighted by molar-refractivity contribution is 7.91. The van der Waals surface area contributed by atoms with Crippen LogP contribution in [0.4, 0.5) is 0 Å². The predicted molar refractivity (Wildman–Crippen MR) is 121 cm³/mol. The lowest BCUT2D eigenvalue weighted by atomic mass is 9.86. The summed E-state index contributed by atoms with van der Waals surface area (Å²) >= 11 is 0. The molecule has 0 spiro atoms. The monoisotopic (exact) mass is 462 g/mol. The van der Waals surface area contributed by atoms with E-state index in [9.17, 15) is 18.0 Å². The smallest absolute Gasteiger partial charge is 0.273 e. The van der Waals surface area contributed by atoms with E-state index in [0.29, 0.717) is 29.7 Å². The molecule has 3 atom stereocenters. The summed E-state index contributed by atoms with van der Waals surface area (Å²) in [7, 11) is -4.13. The van der Waals surface area contributed by atoms with Gasteiger partial charge in [0.05, 0.1) is 21.9 Å². The van der Waals surface area contributed by atoms with Crippen molar-refractivity contribution in [2.45, 2.75) is 42.0 Å². The maximum atomic E-state index is 13.4. The van der Waals surface area contributed by atoms with Crippen LogP contribution in [0, 0.1) is 29.1 Å². The number of nitrogens with zero attached hydrogens (tertiary/aromatic N) is 3. The van der Waals surface area contributed by atoms with Crippen LogP contribution in [0.3, 0.4) is 0 Å². The molecule has 5 rings (SSSR count). The lowest BCUT2D eigenvalue weighted by Gasteiger charge is -2.21. The van der Waals surface area contributed by atoms with Gasteiger partial charge in [-0.2, -0.15) is 5.26 Å². The Morgan fingerprint density at radius 2 is 1.82 bits per heavy atom. The van der Waals surface area contributed by atoms with Gasteiger partial charge in [-0.25, -0.2) is 13.8 Å². The molecule has 1 aromatic heterocycles. The van der Waals surface area contributed by atoms with E-state index >= 15 is 0 Å². The van der Waals surface area contributed by atoms with Crippen molar-refractivity contribution in [2.24, 2.45) is 17.8 Å². The molecule has 1 amide bonds. The topological polar surface area (TPSA) is 122 Å². The van der Waals surface area contributed by atoms with Crippen molar-refractivity contribution < 1.29 is 13.2 Å². The number of benzene rings is 2. The van der Waals surface area contributed by atoms with Gasteiger partial charge in [0.25, 0.3) is 5.56 Å². The highest BCUT2D eigenvalue weighted by Gasteiger charge is 2.40. The zero-order chi connectivity index (χ0) is 23.2. The summed E-state index contributed by atoms with van der Waals surface area (Å²) in [6, 6.07) is 13.7. The fraction of sp³-hybridized carbons (Fsp3) is 0.333. The van der Waals surface area contributed by atoms with Crippen LogP contribution in [0.25, 0.3) is 10.8 Å². The zero-order valence-electron chi connectivity index (χ0n) is 17.8. The van der Waals surface area contributed by atoms with Crippen molar-refractivity contribution in [3.8, 4) is 6.07 Å². The van der Waals surface area contributed by atoms with Gasteiger partial charge in [0.2, 0.25) is 15.7 Å². The molecule has 2 bridgehead atoms. The minimum Gasteiger partial charge on any atom is -0.273 e. The molecular weight excluding hydrogens is 440 g/mol. The Morgan fingerprint density at radius 3 is 2.45 bits per heavy atom. The molecule has 2 aromatic carbocycles. The minimum atomic E-state index is -4.13. The van der Waals surface area contributed by atoms with Crippen molar-refractivity contribution in [2.75, 3.05) is 5.43 Å². The number of fused-ring (bicyclic) bond motifs is 3. The molecule has 0 radical (unpaired) electrons. The first-order chi connectivity index (χ1) is 15.9. The third-order valence-corrected chi connectivity index (χ3v) is 8.59. The summed E-state index contributed by atoms with van der Waals surface area (Å²) in [4.78, 5) is 26.4. The first-order valence-electron chi connectivity index (χ1n) is 10.9. The molecule has 2 aliphatic rings. The SMILES string of the molecule is N#Cc1ccc(S(=O)(=O)c2nn(NC(=O)C[C@H]3C[C@@H]4CC[C@H]3C4)c(=O)c3ccccc23)cc1. The molecule has 3 aromatic rings. The fourth-order valence-corrected chi connectivity index (χ4v) is 6.66. The second-order valence-corrected chi connectivity index (χ2v) is 10.7. The van der Waals surface area contributed by atoms with Crippen molar-refractivity contribution in [3.05, 3.63) is 64.4 Å². The van der Waals surface area contributed by atoms with E-state index in [1.165, 1.54) is 49.2 Å². The molecule has 0 unspecified atom stereocenters. The maximum Gasteiger partial charge on any atom is 0.294 e. The molecule has 1 N–H and O–H groups in total. The Balaban J connectivity index is 1.52. The molecule has 33 heavy (non-hydrogen) atoms. The highest BCUT2D eigenvalue weighted by atomic mass is 32.2. The zero-order valence-corrected chi connectivity index (χ0v) is 18.6. The van der Waals surface area contributed by atoms with Gasteiger partial charge in [-0.3, -0.25) is 9.59 Å². The Hall–Kier alpha value is -3.51. The van der Waals surface area contributed by atoms with Crippen LogP contribution in [-0.4, -0.2) is 24.2 Å². The number of rotatable bonds is 5. The third kappa shape index (κ3) is 3.80. The van der Waals surface area contributed by atoms with E-state index in [1.54, 1.807) is 12.1 Å². The number of carbonyl (C=O) groups excluding carboxylic acids is 1. The molecule has 8 nitrogen and oxygen atoms in total. The molecule has 2 fully saturated rings. The fourth-order valence-electron chi connectivity index (χ4n) is 5.28. The number of hydrogen-bond donors (Lipinski definition) is 1. The van der Waals surface area contributed by atoms with Crippen LogP contribution in [0.1, 0.15) is 37.7 Å². The van der Waals surface area contributed by atoms with E-state index < -0.39 is 15.4 Å². The second kappa shape index (κ2) is 8.12. The number of amides is 1. The number of sulfone groups is 1. The summed E-state index contributed by atoms with van der Waals surface area (Å²) in [5.74, 6) is 1.19. The van der Waals surface area contributed by atoms with Gasteiger partial charge in [-0.15, -0.1) is 9.89 Å². The van der Waals surface area contributed by atoms with Crippen molar-refractivity contribution in [1.29, 1.82) is 5.26 Å². The van der Waals surface area contributed by atoms with Crippen LogP contribution in [0.5, 0.6) is 0 Å². The quantitative estimate of drug-likeness (QED) is 0.622. The molecule has 9 heteroatoms. The van der Waals surface area contributed by atoms with Crippen molar-refractivity contribution >= 4 is 26.5 Å². The van der Waals surface area contributed by atoms with Crippen molar-refractivity contribution in [3.63, 3.8) is 0 Å². The molecule has 2 saturated carbocycles. The van der Waals surface area contributed by atoms with Crippen LogP contribution in [0.15, 0.2) is 63.2 Å². The average molecular weight is 463 g/mol. The van der Waals surface area contributed by atoms with Gasteiger partial charge in [0.1, 0.15) is 0 Å². The molecule has 0 saturated heterocycles. The van der Waals surface area contributed by atoms with Gasteiger partial charge in [0, 0.05) is 11.8 Å². The van der Waals surface area contributed by atoms with Crippen LogP contribution < -0.4 is 11.0 Å². The van der Waals surface area contributed by atoms with E-state index in [2.05, 4.69) is 10.5 Å². The Kier molecular flexibility index (Phi) is 5.25. The Labute approximate surface area is 190 Å². The summed E-state index contributed by atoms with van der Waals surface area (Å²) in [6.45, 7) is 0. The van der Waals surface area contributed by atoms with E-state index in [4.69, 9.17) is 5.26 Å². The van der Waals surface area contributed by atoms with E-state index in [1.807, 2.05) is 6.07 Å². The summed E-state index contributed by atoms with van der Waals surface area (Å²) in [5, 5.41) is 13.0. The number of nitrogens with one attached hydrogen (secondary N) is 1. The largest absolute Gasteiger partial charge is 0.294 e. The second-order valence-electron chi connectivity index (χ2n) is 8.88. The molecular formula is C24H22N4O4S. The Morgan fingerprint density at radius 1 is 1.09 bits per heavy atom. The van der Waals surface area contributed by atoms with E-state index in [0.717, 1.165) is 17.6 Å². The standard InChI is InChI=1S/C24H22N4O4S/c25-14-15-6-9-19(10-7-15)33(31,32)23-20-3-1-2-4-21(20)24(30)28(27-23)26-22(29)13-18-12-16-5-8-17(18)11-16/h1-4,6-7,9-10,16-18H,5,8,11-13H2,(H,26,29)/t16-,17+,18-/m1/s1. The number of aromatic nitrogens is 2. The van der Waals surface area contributed by atoms with Gasteiger partial charge in [-0.05, 0) is 67.3 Å².